The number of rotatable bonds is 3. The standard InChI is InChI=1S/C21H21N3O3/c1-13-9-10-18(26-4)16(11-13)23(2)21(25)19-15-12-27-17-8-6-5-7-14(17)20(15)24(3)22-19/h5-11H,12H2,1-4H3. The van der Waals surface area contributed by atoms with Gasteiger partial charge in [-0.25, -0.2) is 0 Å². The van der Waals surface area contributed by atoms with Crippen LogP contribution < -0.4 is 14.4 Å². The van der Waals surface area contributed by atoms with Crippen molar-refractivity contribution in [1.82, 2.24) is 9.78 Å². The minimum Gasteiger partial charge on any atom is -0.495 e. The van der Waals surface area contributed by atoms with E-state index in [1.807, 2.05) is 56.4 Å². The van der Waals surface area contributed by atoms with Crippen LogP contribution in [0, 0.1) is 6.92 Å². The van der Waals surface area contributed by atoms with Crippen LogP contribution in [0.3, 0.4) is 0 Å². The average molecular weight is 363 g/mol. The lowest BCUT2D eigenvalue weighted by molar-refractivity contribution is 0.0984. The second kappa shape index (κ2) is 6.46. The number of aryl methyl sites for hydroxylation is 2. The Morgan fingerprint density at radius 2 is 2.04 bits per heavy atom. The summed E-state index contributed by atoms with van der Waals surface area (Å²) in [4.78, 5) is 14.8. The second-order valence-corrected chi connectivity index (χ2v) is 6.62. The molecule has 6 nitrogen and oxygen atoms in total. The number of benzene rings is 2. The third-order valence-corrected chi connectivity index (χ3v) is 4.86. The van der Waals surface area contributed by atoms with E-state index in [1.165, 1.54) is 0 Å². The quantitative estimate of drug-likeness (QED) is 0.714. The lowest BCUT2D eigenvalue weighted by atomic mass is 10.0. The molecule has 0 N–H and O–H groups in total. The monoisotopic (exact) mass is 363 g/mol. The van der Waals surface area contributed by atoms with Gasteiger partial charge in [-0.15, -0.1) is 0 Å². The lowest BCUT2D eigenvalue weighted by Crippen LogP contribution is -2.28. The van der Waals surface area contributed by atoms with E-state index in [-0.39, 0.29) is 5.91 Å². The molecule has 0 saturated heterocycles. The number of carbonyl (C=O) groups excluding carboxylic acids is 1. The van der Waals surface area contributed by atoms with E-state index in [0.717, 1.165) is 28.1 Å². The SMILES string of the molecule is COc1ccc(C)cc1N(C)C(=O)c1nn(C)c2c1COc1ccccc1-2. The zero-order valence-electron chi connectivity index (χ0n) is 15.8. The summed E-state index contributed by atoms with van der Waals surface area (Å²) in [6, 6.07) is 13.5. The van der Waals surface area contributed by atoms with Gasteiger partial charge in [0.15, 0.2) is 5.69 Å². The number of anilines is 1. The maximum atomic E-state index is 13.3. The molecule has 0 atom stereocenters. The molecule has 0 aliphatic carbocycles. The van der Waals surface area contributed by atoms with E-state index in [9.17, 15) is 4.79 Å². The zero-order valence-corrected chi connectivity index (χ0v) is 15.8. The van der Waals surface area contributed by atoms with Crippen molar-refractivity contribution in [2.75, 3.05) is 19.1 Å². The first-order chi connectivity index (χ1) is 13.0. The summed E-state index contributed by atoms with van der Waals surface area (Å²) in [7, 11) is 5.18. The van der Waals surface area contributed by atoms with E-state index in [2.05, 4.69) is 5.10 Å². The van der Waals surface area contributed by atoms with Gasteiger partial charge in [-0.1, -0.05) is 18.2 Å². The highest BCUT2D eigenvalue weighted by Gasteiger charge is 2.30. The van der Waals surface area contributed by atoms with Crippen LogP contribution in [-0.4, -0.2) is 29.8 Å². The molecular weight excluding hydrogens is 342 g/mol. The van der Waals surface area contributed by atoms with Crippen LogP contribution in [0.15, 0.2) is 42.5 Å². The van der Waals surface area contributed by atoms with Crippen molar-refractivity contribution in [1.29, 1.82) is 0 Å². The van der Waals surface area contributed by atoms with Gasteiger partial charge in [-0.2, -0.15) is 5.10 Å². The van der Waals surface area contributed by atoms with Gasteiger partial charge in [0.05, 0.1) is 18.5 Å². The van der Waals surface area contributed by atoms with Gasteiger partial charge < -0.3 is 14.4 Å². The average Bonchev–Trinajstić information content (AvgIpc) is 3.04. The molecule has 3 aromatic rings. The Labute approximate surface area is 157 Å². The summed E-state index contributed by atoms with van der Waals surface area (Å²) < 4.78 is 13.0. The summed E-state index contributed by atoms with van der Waals surface area (Å²) >= 11 is 0. The van der Waals surface area contributed by atoms with E-state index in [4.69, 9.17) is 9.47 Å². The number of hydrogen-bond donors (Lipinski definition) is 0. The normalized spacial score (nSPS) is 12.0. The maximum Gasteiger partial charge on any atom is 0.279 e. The van der Waals surface area contributed by atoms with Crippen molar-refractivity contribution in [3.05, 3.63) is 59.3 Å². The van der Waals surface area contributed by atoms with E-state index in [1.54, 1.807) is 23.7 Å². The Morgan fingerprint density at radius 1 is 1.26 bits per heavy atom. The number of methoxy groups -OCH3 is 1. The topological polar surface area (TPSA) is 56.6 Å². The molecule has 1 amide bonds. The molecule has 0 saturated carbocycles. The second-order valence-electron chi connectivity index (χ2n) is 6.62. The molecule has 1 aliphatic heterocycles. The first-order valence-electron chi connectivity index (χ1n) is 8.72. The Morgan fingerprint density at radius 3 is 2.81 bits per heavy atom. The molecule has 6 heteroatoms. The highest BCUT2D eigenvalue weighted by Crippen LogP contribution is 2.39. The van der Waals surface area contributed by atoms with Gasteiger partial charge in [0.2, 0.25) is 0 Å². The maximum absolute atomic E-state index is 13.3. The van der Waals surface area contributed by atoms with Crippen LogP contribution in [0.2, 0.25) is 0 Å². The fraction of sp³-hybridized carbons (Fsp3) is 0.238. The number of ether oxygens (including phenoxy) is 2. The third-order valence-electron chi connectivity index (χ3n) is 4.86. The van der Waals surface area contributed by atoms with Crippen molar-refractivity contribution in [2.45, 2.75) is 13.5 Å². The minimum absolute atomic E-state index is 0.196. The molecule has 27 heavy (non-hydrogen) atoms. The zero-order chi connectivity index (χ0) is 19.1. The summed E-state index contributed by atoms with van der Waals surface area (Å²) in [6.45, 7) is 2.30. The van der Waals surface area contributed by atoms with E-state index >= 15 is 0 Å². The van der Waals surface area contributed by atoms with Gasteiger partial charge in [-0.05, 0) is 36.8 Å². The number of hydrogen-bond acceptors (Lipinski definition) is 4. The Balaban J connectivity index is 1.78. The third kappa shape index (κ3) is 2.73. The van der Waals surface area contributed by atoms with Gasteiger partial charge in [-0.3, -0.25) is 9.48 Å². The van der Waals surface area contributed by atoms with Crippen LogP contribution in [0.5, 0.6) is 11.5 Å². The summed E-state index contributed by atoms with van der Waals surface area (Å²) in [5.41, 5.74) is 4.82. The van der Waals surface area contributed by atoms with Crippen molar-refractivity contribution in [3.63, 3.8) is 0 Å². The Hall–Kier alpha value is -3.28. The highest BCUT2D eigenvalue weighted by atomic mass is 16.5. The van der Waals surface area contributed by atoms with Crippen LogP contribution in [-0.2, 0) is 13.7 Å². The Bertz CT molecular complexity index is 1040. The number of amides is 1. The molecule has 4 rings (SSSR count). The number of nitrogens with zero attached hydrogens (tertiary/aromatic N) is 3. The van der Waals surface area contributed by atoms with Gasteiger partial charge in [0, 0.05) is 25.2 Å². The molecule has 2 heterocycles. The van der Waals surface area contributed by atoms with Crippen LogP contribution in [0.25, 0.3) is 11.3 Å². The predicted octanol–water partition coefficient (Wildman–Crippen LogP) is 3.57. The summed E-state index contributed by atoms with van der Waals surface area (Å²) in [5, 5.41) is 4.52. The molecule has 0 bridgehead atoms. The van der Waals surface area contributed by atoms with Crippen molar-refractivity contribution in [3.8, 4) is 22.8 Å². The molecule has 0 fully saturated rings. The fourth-order valence-electron chi connectivity index (χ4n) is 3.48. The smallest absolute Gasteiger partial charge is 0.279 e. The molecule has 0 unspecified atom stereocenters. The molecule has 138 valence electrons. The van der Waals surface area contributed by atoms with Gasteiger partial charge >= 0.3 is 0 Å². The number of aromatic nitrogens is 2. The van der Waals surface area contributed by atoms with Crippen LogP contribution >= 0.6 is 0 Å². The summed E-state index contributed by atoms with van der Waals surface area (Å²) in [6.07, 6.45) is 0. The lowest BCUT2D eigenvalue weighted by Gasteiger charge is -2.21. The van der Waals surface area contributed by atoms with Crippen LogP contribution in [0.4, 0.5) is 5.69 Å². The van der Waals surface area contributed by atoms with E-state index < -0.39 is 0 Å². The van der Waals surface area contributed by atoms with Gasteiger partial charge in [0.1, 0.15) is 18.1 Å². The fourth-order valence-corrected chi connectivity index (χ4v) is 3.48. The first kappa shape index (κ1) is 17.1. The van der Waals surface area contributed by atoms with Crippen LogP contribution in [0.1, 0.15) is 21.6 Å². The molecule has 1 aliphatic rings. The minimum atomic E-state index is -0.196. The van der Waals surface area contributed by atoms with Crippen molar-refractivity contribution < 1.29 is 14.3 Å². The number of fused-ring (bicyclic) bond motifs is 3. The van der Waals surface area contributed by atoms with Crippen molar-refractivity contribution in [2.24, 2.45) is 7.05 Å². The Kier molecular flexibility index (Phi) is 4.11. The molecular formula is C21H21N3O3. The molecule has 0 radical (unpaired) electrons. The number of para-hydroxylation sites is 1. The first-order valence-corrected chi connectivity index (χ1v) is 8.72. The molecule has 1 aromatic heterocycles. The summed E-state index contributed by atoms with van der Waals surface area (Å²) in [5.74, 6) is 1.25. The van der Waals surface area contributed by atoms with Crippen molar-refractivity contribution >= 4 is 11.6 Å². The number of carbonyl (C=O) groups is 1. The molecule has 0 spiro atoms. The largest absolute Gasteiger partial charge is 0.495 e. The predicted molar refractivity (Wildman–Crippen MR) is 103 cm³/mol. The van der Waals surface area contributed by atoms with Gasteiger partial charge in [0.25, 0.3) is 5.91 Å². The molecule has 2 aromatic carbocycles. The highest BCUT2D eigenvalue weighted by molar-refractivity contribution is 6.07. The van der Waals surface area contributed by atoms with E-state index in [0.29, 0.717) is 23.7 Å².